The maximum atomic E-state index is 12.4. The molecule has 26 heavy (non-hydrogen) atoms. The number of benzene rings is 3. The second-order valence-corrected chi connectivity index (χ2v) is 6.13. The van der Waals surface area contributed by atoms with Gasteiger partial charge in [-0.25, -0.2) is 5.43 Å². The fourth-order valence-corrected chi connectivity index (χ4v) is 3.11. The summed E-state index contributed by atoms with van der Waals surface area (Å²) in [5.41, 5.74) is 4.68. The first-order valence-corrected chi connectivity index (χ1v) is 8.23. The second-order valence-electron chi connectivity index (χ2n) is 6.13. The Morgan fingerprint density at radius 1 is 1.08 bits per heavy atom. The molecule has 128 valence electrons. The fourth-order valence-electron chi connectivity index (χ4n) is 3.11. The third kappa shape index (κ3) is 2.80. The molecular weight excluding hydrogens is 326 g/mol. The molecule has 0 saturated carbocycles. The lowest BCUT2D eigenvalue weighted by atomic mass is 10.1. The Hall–Kier alpha value is -3.60. The molecule has 0 aliphatic rings. The molecule has 0 saturated heterocycles. The molecule has 0 bridgehead atoms. The van der Waals surface area contributed by atoms with Gasteiger partial charge >= 0.3 is 0 Å². The number of nitrogens with zero attached hydrogens (tertiary/aromatic N) is 2. The van der Waals surface area contributed by atoms with Crippen LogP contribution >= 0.6 is 0 Å². The number of phenols is 1. The normalized spacial score (nSPS) is 11.4. The van der Waals surface area contributed by atoms with Crippen molar-refractivity contribution in [1.29, 1.82) is 0 Å². The number of hydrazone groups is 1. The Labute approximate surface area is 150 Å². The van der Waals surface area contributed by atoms with E-state index < -0.39 is 5.91 Å². The first-order chi connectivity index (χ1) is 12.6. The number of carbonyl (C=O) groups excluding carboxylic acids is 1. The monoisotopic (exact) mass is 343 g/mol. The Morgan fingerprint density at radius 3 is 2.58 bits per heavy atom. The minimum Gasteiger partial charge on any atom is -0.507 e. The zero-order valence-corrected chi connectivity index (χ0v) is 14.2. The van der Waals surface area contributed by atoms with Crippen LogP contribution in [0.15, 0.2) is 72.0 Å². The van der Waals surface area contributed by atoms with E-state index in [-0.39, 0.29) is 11.3 Å². The molecule has 5 nitrogen and oxygen atoms in total. The van der Waals surface area contributed by atoms with Crippen LogP contribution in [0.5, 0.6) is 5.75 Å². The second kappa shape index (κ2) is 6.37. The molecule has 5 heteroatoms. The van der Waals surface area contributed by atoms with E-state index in [2.05, 4.69) is 10.5 Å². The third-order valence-electron chi connectivity index (χ3n) is 4.41. The summed E-state index contributed by atoms with van der Waals surface area (Å²) >= 11 is 0. The summed E-state index contributed by atoms with van der Waals surface area (Å²) in [7, 11) is 1.96. The minimum absolute atomic E-state index is 0.0680. The molecule has 4 rings (SSSR count). The number of fused-ring (bicyclic) bond motifs is 2. The Bertz CT molecular complexity index is 1160. The lowest BCUT2D eigenvalue weighted by Crippen LogP contribution is -2.17. The average Bonchev–Trinajstić information content (AvgIpc) is 2.97. The molecule has 0 fully saturated rings. The number of phenolic OH excluding ortho intramolecular Hbond substituents is 1. The molecule has 0 unspecified atom stereocenters. The summed E-state index contributed by atoms with van der Waals surface area (Å²) < 4.78 is 2.01. The quantitative estimate of drug-likeness (QED) is 0.439. The SMILES string of the molecule is Cn1cc(C=NNC(=O)c2cc3ccccc3cc2O)c2ccccc21. The number of hydrogen-bond acceptors (Lipinski definition) is 3. The maximum absolute atomic E-state index is 12.4. The molecule has 0 aliphatic heterocycles. The van der Waals surface area contributed by atoms with Crippen molar-refractivity contribution in [2.24, 2.45) is 12.1 Å². The van der Waals surface area contributed by atoms with Crippen molar-refractivity contribution in [3.8, 4) is 5.75 Å². The Morgan fingerprint density at radius 2 is 1.77 bits per heavy atom. The summed E-state index contributed by atoms with van der Waals surface area (Å²) in [5, 5.41) is 17.0. The number of aromatic hydroxyl groups is 1. The summed E-state index contributed by atoms with van der Waals surface area (Å²) in [6.45, 7) is 0. The number of nitrogens with one attached hydrogen (secondary N) is 1. The van der Waals surface area contributed by atoms with Crippen LogP contribution in [0.25, 0.3) is 21.7 Å². The van der Waals surface area contributed by atoms with Crippen LogP contribution in [-0.2, 0) is 7.05 Å². The van der Waals surface area contributed by atoms with Crippen LogP contribution in [0, 0.1) is 0 Å². The fraction of sp³-hybridized carbons (Fsp3) is 0.0476. The number of aromatic nitrogens is 1. The molecule has 1 aromatic heterocycles. The van der Waals surface area contributed by atoms with Crippen LogP contribution in [0.4, 0.5) is 0 Å². The van der Waals surface area contributed by atoms with Gasteiger partial charge in [-0.2, -0.15) is 5.10 Å². The van der Waals surface area contributed by atoms with Crippen molar-refractivity contribution in [2.45, 2.75) is 0 Å². The number of aryl methyl sites for hydroxylation is 1. The highest BCUT2D eigenvalue weighted by Crippen LogP contribution is 2.25. The van der Waals surface area contributed by atoms with Gasteiger partial charge in [-0.3, -0.25) is 4.79 Å². The molecule has 0 atom stereocenters. The third-order valence-corrected chi connectivity index (χ3v) is 4.41. The topological polar surface area (TPSA) is 66.6 Å². The number of hydrogen-bond donors (Lipinski definition) is 2. The van der Waals surface area contributed by atoms with E-state index in [1.54, 1.807) is 18.3 Å². The highest BCUT2D eigenvalue weighted by Gasteiger charge is 2.12. The van der Waals surface area contributed by atoms with Gasteiger partial charge in [0.1, 0.15) is 5.75 Å². The molecule has 0 spiro atoms. The number of rotatable bonds is 3. The van der Waals surface area contributed by atoms with Crippen LogP contribution < -0.4 is 5.43 Å². The van der Waals surface area contributed by atoms with E-state index in [4.69, 9.17) is 0 Å². The van der Waals surface area contributed by atoms with E-state index in [1.165, 1.54) is 0 Å². The van der Waals surface area contributed by atoms with Gasteiger partial charge in [0.2, 0.25) is 0 Å². The van der Waals surface area contributed by atoms with E-state index in [9.17, 15) is 9.90 Å². The molecule has 0 radical (unpaired) electrons. The maximum Gasteiger partial charge on any atom is 0.275 e. The van der Waals surface area contributed by atoms with Gasteiger partial charge in [-0.1, -0.05) is 42.5 Å². The molecular formula is C21H17N3O2. The standard InChI is InChI=1S/C21H17N3O2/c1-24-13-16(17-8-4-5-9-19(17)24)12-22-23-21(26)18-10-14-6-2-3-7-15(14)11-20(18)25/h2-13,25H,1H3,(H,23,26). The molecule has 0 aliphatic carbocycles. The minimum atomic E-state index is -0.454. The summed E-state index contributed by atoms with van der Waals surface area (Å²) in [6.07, 6.45) is 3.56. The molecule has 2 N–H and O–H groups in total. The molecule has 3 aromatic carbocycles. The van der Waals surface area contributed by atoms with E-state index in [0.717, 1.165) is 27.2 Å². The molecule has 1 amide bonds. The van der Waals surface area contributed by atoms with Gasteiger partial charge in [-0.05, 0) is 29.0 Å². The van der Waals surface area contributed by atoms with Gasteiger partial charge in [-0.15, -0.1) is 0 Å². The summed E-state index contributed by atoms with van der Waals surface area (Å²) in [4.78, 5) is 12.4. The highest BCUT2D eigenvalue weighted by atomic mass is 16.3. The van der Waals surface area contributed by atoms with Crippen LogP contribution in [0.2, 0.25) is 0 Å². The van der Waals surface area contributed by atoms with Gasteiger partial charge in [0.05, 0.1) is 11.8 Å². The first kappa shape index (κ1) is 15.9. The van der Waals surface area contributed by atoms with E-state index >= 15 is 0 Å². The summed E-state index contributed by atoms with van der Waals surface area (Å²) in [5.74, 6) is -0.522. The van der Waals surface area contributed by atoms with Crippen LogP contribution in [0.1, 0.15) is 15.9 Å². The van der Waals surface area contributed by atoms with Crippen molar-refractivity contribution in [3.05, 3.63) is 78.0 Å². The smallest absolute Gasteiger partial charge is 0.275 e. The predicted octanol–water partition coefficient (Wildman–Crippen LogP) is 3.80. The van der Waals surface area contributed by atoms with Gasteiger partial charge in [0.25, 0.3) is 5.91 Å². The molecule has 4 aromatic rings. The first-order valence-electron chi connectivity index (χ1n) is 8.23. The van der Waals surface area contributed by atoms with Crippen LogP contribution in [-0.4, -0.2) is 21.8 Å². The average molecular weight is 343 g/mol. The molecule has 1 heterocycles. The van der Waals surface area contributed by atoms with Crippen molar-refractivity contribution in [3.63, 3.8) is 0 Å². The van der Waals surface area contributed by atoms with Gasteiger partial charge in [0, 0.05) is 29.7 Å². The number of para-hydroxylation sites is 1. The van der Waals surface area contributed by atoms with Gasteiger partial charge < -0.3 is 9.67 Å². The van der Waals surface area contributed by atoms with E-state index in [0.29, 0.717) is 0 Å². The van der Waals surface area contributed by atoms with E-state index in [1.807, 2.05) is 66.3 Å². The highest BCUT2D eigenvalue weighted by molar-refractivity contribution is 6.03. The van der Waals surface area contributed by atoms with Crippen LogP contribution in [0.3, 0.4) is 0 Å². The number of carbonyl (C=O) groups is 1. The zero-order chi connectivity index (χ0) is 18.1. The zero-order valence-electron chi connectivity index (χ0n) is 14.2. The lowest BCUT2D eigenvalue weighted by Gasteiger charge is -2.05. The Balaban J connectivity index is 1.58. The largest absolute Gasteiger partial charge is 0.507 e. The van der Waals surface area contributed by atoms with Crippen molar-refractivity contribution in [1.82, 2.24) is 9.99 Å². The lowest BCUT2D eigenvalue weighted by molar-refractivity contribution is 0.0952. The summed E-state index contributed by atoms with van der Waals surface area (Å²) in [6, 6.07) is 18.8. The van der Waals surface area contributed by atoms with Crippen molar-refractivity contribution < 1.29 is 9.90 Å². The predicted molar refractivity (Wildman–Crippen MR) is 104 cm³/mol. The Kier molecular flexibility index (Phi) is 3.89. The van der Waals surface area contributed by atoms with Crippen molar-refractivity contribution in [2.75, 3.05) is 0 Å². The number of amides is 1. The van der Waals surface area contributed by atoms with Gasteiger partial charge in [0.15, 0.2) is 0 Å². The van der Waals surface area contributed by atoms with Crippen molar-refractivity contribution >= 4 is 33.8 Å².